The van der Waals surface area contributed by atoms with E-state index in [4.69, 9.17) is 0 Å². The highest BCUT2D eigenvalue weighted by Gasteiger charge is 2.30. The summed E-state index contributed by atoms with van der Waals surface area (Å²) < 4.78 is 0. The predicted molar refractivity (Wildman–Crippen MR) is 75.3 cm³/mol. The van der Waals surface area contributed by atoms with Crippen molar-refractivity contribution in [3.63, 3.8) is 0 Å². The van der Waals surface area contributed by atoms with E-state index in [9.17, 15) is 9.59 Å². The molecule has 0 fully saturated rings. The van der Waals surface area contributed by atoms with Crippen LogP contribution in [0.1, 0.15) is 17.9 Å². The van der Waals surface area contributed by atoms with Gasteiger partial charge in [-0.3, -0.25) is 14.6 Å². The second kappa shape index (κ2) is 5.13. The van der Waals surface area contributed by atoms with Gasteiger partial charge in [0.25, 0.3) is 0 Å². The van der Waals surface area contributed by atoms with Crippen molar-refractivity contribution in [2.45, 2.75) is 12.3 Å². The summed E-state index contributed by atoms with van der Waals surface area (Å²) >= 11 is 0. The smallest absolute Gasteiger partial charge is 0.232 e. The van der Waals surface area contributed by atoms with Crippen LogP contribution in [-0.4, -0.2) is 16.8 Å². The van der Waals surface area contributed by atoms with Gasteiger partial charge in [-0.15, -0.1) is 0 Å². The van der Waals surface area contributed by atoms with E-state index < -0.39 is 5.92 Å². The van der Waals surface area contributed by atoms with Gasteiger partial charge in [0, 0.05) is 30.2 Å². The maximum atomic E-state index is 12.4. The Bertz CT molecular complexity index is 655. The molecular weight excluding hydrogens is 254 g/mol. The van der Waals surface area contributed by atoms with E-state index in [1.807, 2.05) is 18.2 Å². The summed E-state index contributed by atoms with van der Waals surface area (Å²) in [6.07, 6.45) is 3.38. The van der Waals surface area contributed by atoms with Crippen LogP contribution in [0.25, 0.3) is 0 Å². The fraction of sp³-hybridized carbons (Fsp3) is 0.133. The van der Waals surface area contributed by atoms with E-state index in [2.05, 4.69) is 15.6 Å². The van der Waals surface area contributed by atoms with Crippen LogP contribution in [0.15, 0.2) is 48.8 Å². The Morgan fingerprint density at radius 3 is 2.75 bits per heavy atom. The molecule has 2 heterocycles. The summed E-state index contributed by atoms with van der Waals surface area (Å²) in [5.41, 5.74) is 2.23. The maximum absolute atomic E-state index is 12.4. The standard InChI is InChI=1S/C15H13N3O2/c19-14-9-12(11-3-1-2-4-13(11)18-14)15(20)17-10-5-7-16-8-6-10/h1-8,12H,9H2,(H,18,19)(H,16,17,20). The molecule has 3 rings (SSSR count). The number of hydrogen-bond donors (Lipinski definition) is 2. The van der Waals surface area contributed by atoms with Gasteiger partial charge in [0.05, 0.1) is 5.92 Å². The molecule has 20 heavy (non-hydrogen) atoms. The normalized spacial score (nSPS) is 17.0. The molecule has 0 bridgehead atoms. The number of anilines is 2. The Morgan fingerprint density at radius 2 is 1.95 bits per heavy atom. The molecule has 0 saturated heterocycles. The molecule has 0 spiro atoms. The summed E-state index contributed by atoms with van der Waals surface area (Å²) in [6.45, 7) is 0. The minimum absolute atomic E-state index is 0.140. The van der Waals surface area contributed by atoms with Crippen molar-refractivity contribution in [2.24, 2.45) is 0 Å². The Balaban J connectivity index is 1.87. The number of pyridine rings is 1. The van der Waals surface area contributed by atoms with E-state index in [-0.39, 0.29) is 18.2 Å². The fourth-order valence-electron chi connectivity index (χ4n) is 2.31. The van der Waals surface area contributed by atoms with Crippen LogP contribution in [-0.2, 0) is 9.59 Å². The van der Waals surface area contributed by atoms with Crippen LogP contribution in [0.5, 0.6) is 0 Å². The highest BCUT2D eigenvalue weighted by Crippen LogP contribution is 2.32. The summed E-state index contributed by atoms with van der Waals surface area (Å²) in [5, 5.41) is 5.59. The molecule has 100 valence electrons. The minimum Gasteiger partial charge on any atom is -0.326 e. The quantitative estimate of drug-likeness (QED) is 0.875. The number of hydrogen-bond acceptors (Lipinski definition) is 3. The summed E-state index contributed by atoms with van der Waals surface area (Å²) in [6, 6.07) is 10.8. The molecular formula is C15H13N3O2. The third-order valence-corrected chi connectivity index (χ3v) is 3.26. The Labute approximate surface area is 116 Å². The number of nitrogens with one attached hydrogen (secondary N) is 2. The highest BCUT2D eigenvalue weighted by molar-refractivity contribution is 6.05. The summed E-state index contributed by atoms with van der Waals surface area (Å²) in [4.78, 5) is 28.0. The van der Waals surface area contributed by atoms with Crippen LogP contribution in [0.3, 0.4) is 0 Å². The lowest BCUT2D eigenvalue weighted by Crippen LogP contribution is -2.30. The van der Waals surface area contributed by atoms with Crippen molar-refractivity contribution in [2.75, 3.05) is 10.6 Å². The van der Waals surface area contributed by atoms with Crippen molar-refractivity contribution in [3.8, 4) is 0 Å². The molecule has 5 heteroatoms. The lowest BCUT2D eigenvalue weighted by molar-refractivity contribution is -0.123. The van der Waals surface area contributed by atoms with E-state index in [1.54, 1.807) is 30.6 Å². The Morgan fingerprint density at radius 1 is 1.20 bits per heavy atom. The Hall–Kier alpha value is -2.69. The topological polar surface area (TPSA) is 71.1 Å². The zero-order chi connectivity index (χ0) is 13.9. The number of benzene rings is 1. The number of nitrogens with zero attached hydrogens (tertiary/aromatic N) is 1. The molecule has 2 aromatic rings. The summed E-state index contributed by atoms with van der Waals surface area (Å²) in [5.74, 6) is -0.787. The molecule has 0 saturated carbocycles. The molecule has 0 aliphatic carbocycles. The van der Waals surface area contributed by atoms with Crippen LogP contribution in [0, 0.1) is 0 Å². The molecule has 1 unspecified atom stereocenters. The van der Waals surface area contributed by atoms with Gasteiger partial charge in [-0.2, -0.15) is 0 Å². The van der Waals surface area contributed by atoms with Gasteiger partial charge < -0.3 is 10.6 Å². The first-order valence-electron chi connectivity index (χ1n) is 6.34. The maximum Gasteiger partial charge on any atom is 0.232 e. The second-order valence-electron chi connectivity index (χ2n) is 4.62. The van der Waals surface area contributed by atoms with E-state index in [0.29, 0.717) is 11.4 Å². The van der Waals surface area contributed by atoms with Crippen molar-refractivity contribution in [1.82, 2.24) is 4.98 Å². The van der Waals surface area contributed by atoms with E-state index in [1.165, 1.54) is 0 Å². The molecule has 1 atom stereocenters. The van der Waals surface area contributed by atoms with Gasteiger partial charge in [-0.25, -0.2) is 0 Å². The van der Waals surface area contributed by atoms with E-state index >= 15 is 0 Å². The summed E-state index contributed by atoms with van der Waals surface area (Å²) in [7, 11) is 0. The van der Waals surface area contributed by atoms with Crippen molar-refractivity contribution in [3.05, 3.63) is 54.4 Å². The van der Waals surface area contributed by atoms with Gasteiger partial charge in [0.1, 0.15) is 0 Å². The molecule has 5 nitrogen and oxygen atoms in total. The fourth-order valence-corrected chi connectivity index (χ4v) is 2.31. The SMILES string of the molecule is O=C1CC(C(=O)Nc2ccncc2)c2ccccc2N1. The van der Waals surface area contributed by atoms with Gasteiger partial charge >= 0.3 is 0 Å². The van der Waals surface area contributed by atoms with Crippen molar-refractivity contribution in [1.29, 1.82) is 0 Å². The average Bonchev–Trinajstić information content (AvgIpc) is 2.47. The number of para-hydroxylation sites is 1. The third kappa shape index (κ3) is 2.38. The van der Waals surface area contributed by atoms with Crippen LogP contribution >= 0.6 is 0 Å². The number of rotatable bonds is 2. The first-order valence-corrected chi connectivity index (χ1v) is 6.34. The first kappa shape index (κ1) is 12.3. The number of fused-ring (bicyclic) bond motifs is 1. The van der Waals surface area contributed by atoms with Crippen LogP contribution < -0.4 is 10.6 Å². The first-order chi connectivity index (χ1) is 9.74. The van der Waals surface area contributed by atoms with Crippen molar-refractivity contribution < 1.29 is 9.59 Å². The molecule has 1 aromatic carbocycles. The number of amides is 2. The second-order valence-corrected chi connectivity index (χ2v) is 4.62. The lowest BCUT2D eigenvalue weighted by Gasteiger charge is -2.24. The molecule has 1 aliphatic rings. The zero-order valence-electron chi connectivity index (χ0n) is 10.7. The number of carbonyl (C=O) groups is 2. The molecule has 0 radical (unpaired) electrons. The predicted octanol–water partition coefficient (Wildman–Crippen LogP) is 2.15. The number of aromatic nitrogens is 1. The third-order valence-electron chi connectivity index (χ3n) is 3.26. The van der Waals surface area contributed by atoms with Crippen LogP contribution in [0.2, 0.25) is 0 Å². The largest absolute Gasteiger partial charge is 0.326 e. The lowest BCUT2D eigenvalue weighted by atomic mass is 9.90. The zero-order valence-corrected chi connectivity index (χ0v) is 10.7. The average molecular weight is 267 g/mol. The molecule has 1 aliphatic heterocycles. The Kier molecular flexibility index (Phi) is 3.16. The number of carbonyl (C=O) groups excluding carboxylic acids is 2. The molecule has 2 N–H and O–H groups in total. The monoisotopic (exact) mass is 267 g/mol. The van der Waals surface area contributed by atoms with Gasteiger partial charge in [0.2, 0.25) is 11.8 Å². The van der Waals surface area contributed by atoms with Gasteiger partial charge in [-0.1, -0.05) is 18.2 Å². The molecule has 2 amide bonds. The van der Waals surface area contributed by atoms with Crippen LogP contribution in [0.4, 0.5) is 11.4 Å². The van der Waals surface area contributed by atoms with Gasteiger partial charge in [0.15, 0.2) is 0 Å². The minimum atomic E-state index is -0.465. The van der Waals surface area contributed by atoms with Gasteiger partial charge in [-0.05, 0) is 23.8 Å². The highest BCUT2D eigenvalue weighted by atomic mass is 16.2. The van der Waals surface area contributed by atoms with Crippen molar-refractivity contribution >= 4 is 23.2 Å². The van der Waals surface area contributed by atoms with E-state index in [0.717, 1.165) is 5.56 Å². The molecule has 1 aromatic heterocycles.